The van der Waals surface area contributed by atoms with Crippen LogP contribution in [-0.4, -0.2) is 5.91 Å². The Balaban J connectivity index is 1.81. The van der Waals surface area contributed by atoms with Gasteiger partial charge in [-0.05, 0) is 68.7 Å². The van der Waals surface area contributed by atoms with Crippen molar-refractivity contribution in [1.29, 1.82) is 5.26 Å². The Bertz CT molecular complexity index is 835. The maximum atomic E-state index is 12.6. The van der Waals surface area contributed by atoms with Crippen molar-refractivity contribution in [1.82, 2.24) is 0 Å². The Hall–Kier alpha value is -2.12. The van der Waals surface area contributed by atoms with Gasteiger partial charge in [-0.25, -0.2) is 0 Å². The van der Waals surface area contributed by atoms with Crippen molar-refractivity contribution in [3.8, 4) is 6.07 Å². The molecule has 1 heterocycles. The molecule has 1 aliphatic rings. The summed E-state index contributed by atoms with van der Waals surface area (Å²) in [6.07, 6.45) is 5.87. The molecule has 0 radical (unpaired) electrons. The molecule has 4 heteroatoms. The third-order valence-corrected chi connectivity index (χ3v) is 6.17. The number of hydrogen-bond acceptors (Lipinski definition) is 3. The lowest BCUT2D eigenvalue weighted by atomic mass is 9.97. The second-order valence-corrected chi connectivity index (χ2v) is 8.09. The highest BCUT2D eigenvalue weighted by atomic mass is 32.1. The van der Waals surface area contributed by atoms with Crippen LogP contribution < -0.4 is 5.32 Å². The fourth-order valence-electron chi connectivity index (χ4n) is 3.77. The summed E-state index contributed by atoms with van der Waals surface area (Å²) in [7, 11) is 0. The zero-order chi connectivity index (χ0) is 18.0. The van der Waals surface area contributed by atoms with Crippen molar-refractivity contribution in [2.45, 2.75) is 59.3 Å². The Morgan fingerprint density at radius 3 is 2.52 bits per heavy atom. The number of nitrogens with one attached hydrogen (secondary N) is 1. The Morgan fingerprint density at radius 1 is 1.16 bits per heavy atom. The molecular weight excluding hydrogens is 328 g/mol. The number of aryl methyl sites for hydroxylation is 4. The average Bonchev–Trinajstić information content (AvgIpc) is 2.71. The average molecular weight is 353 g/mol. The van der Waals surface area contributed by atoms with E-state index in [9.17, 15) is 10.1 Å². The first-order valence-electron chi connectivity index (χ1n) is 8.90. The van der Waals surface area contributed by atoms with Crippen molar-refractivity contribution in [3.05, 3.63) is 50.4 Å². The number of nitriles is 1. The van der Waals surface area contributed by atoms with Gasteiger partial charge in [0.25, 0.3) is 0 Å². The molecule has 1 aromatic heterocycles. The van der Waals surface area contributed by atoms with Gasteiger partial charge in [-0.2, -0.15) is 5.26 Å². The molecule has 25 heavy (non-hydrogen) atoms. The first kappa shape index (κ1) is 17.7. The van der Waals surface area contributed by atoms with E-state index in [2.05, 4.69) is 44.3 Å². The molecule has 1 aliphatic carbocycles. The summed E-state index contributed by atoms with van der Waals surface area (Å²) in [6.45, 7) is 6.18. The molecule has 0 saturated carbocycles. The Labute approximate surface area is 153 Å². The maximum absolute atomic E-state index is 12.6. The summed E-state index contributed by atoms with van der Waals surface area (Å²) in [6, 6.07) is 6.56. The third-order valence-electron chi connectivity index (χ3n) is 4.96. The highest BCUT2D eigenvalue weighted by molar-refractivity contribution is 7.16. The van der Waals surface area contributed by atoms with Gasteiger partial charge in [-0.15, -0.1) is 11.3 Å². The highest BCUT2D eigenvalue weighted by Crippen LogP contribution is 2.37. The third kappa shape index (κ3) is 3.77. The fourth-order valence-corrected chi connectivity index (χ4v) is 5.03. The van der Waals surface area contributed by atoms with Crippen LogP contribution in [0.4, 0.5) is 5.00 Å². The quantitative estimate of drug-likeness (QED) is 0.791. The Morgan fingerprint density at radius 2 is 1.84 bits per heavy atom. The predicted molar refractivity (Wildman–Crippen MR) is 103 cm³/mol. The van der Waals surface area contributed by atoms with E-state index in [1.165, 1.54) is 28.8 Å². The van der Waals surface area contributed by atoms with Crippen LogP contribution in [0.3, 0.4) is 0 Å². The normalized spacial score (nSPS) is 13.7. The summed E-state index contributed by atoms with van der Waals surface area (Å²) in [5, 5.41) is 13.3. The molecule has 0 atom stereocenters. The van der Waals surface area contributed by atoms with Crippen LogP contribution in [0.15, 0.2) is 12.1 Å². The minimum Gasteiger partial charge on any atom is -0.316 e. The molecule has 1 aromatic carbocycles. The van der Waals surface area contributed by atoms with Crippen molar-refractivity contribution >= 4 is 22.2 Å². The number of anilines is 1. The van der Waals surface area contributed by atoms with Gasteiger partial charge in [0.05, 0.1) is 12.0 Å². The van der Waals surface area contributed by atoms with Crippen LogP contribution in [0.25, 0.3) is 0 Å². The number of benzene rings is 1. The molecular formula is C21H24N2OS. The number of thiophene rings is 1. The fraction of sp³-hybridized carbons (Fsp3) is 0.429. The summed E-state index contributed by atoms with van der Waals surface area (Å²) < 4.78 is 0. The summed E-state index contributed by atoms with van der Waals surface area (Å²) in [4.78, 5) is 13.9. The molecule has 0 spiro atoms. The predicted octanol–water partition coefficient (Wildman–Crippen LogP) is 5.00. The van der Waals surface area contributed by atoms with Gasteiger partial charge < -0.3 is 5.32 Å². The van der Waals surface area contributed by atoms with Gasteiger partial charge in [-0.1, -0.05) is 24.1 Å². The van der Waals surface area contributed by atoms with E-state index >= 15 is 0 Å². The lowest BCUT2D eigenvalue weighted by Crippen LogP contribution is -2.16. The van der Waals surface area contributed by atoms with Crippen LogP contribution in [-0.2, 0) is 24.1 Å². The van der Waals surface area contributed by atoms with Gasteiger partial charge in [0.1, 0.15) is 11.1 Å². The number of nitrogens with zero attached hydrogens (tertiary/aromatic N) is 1. The van der Waals surface area contributed by atoms with Gasteiger partial charge in [-0.3, -0.25) is 4.79 Å². The highest BCUT2D eigenvalue weighted by Gasteiger charge is 2.21. The SMILES string of the molecule is Cc1cc(C)c(CC(=O)Nc2sc3c(c2C#N)CCCCC3)c(C)c1. The summed E-state index contributed by atoms with van der Waals surface area (Å²) in [5.74, 6) is -0.0389. The van der Waals surface area contributed by atoms with Crippen LogP contribution in [0, 0.1) is 32.1 Å². The van der Waals surface area contributed by atoms with Gasteiger partial charge in [0.15, 0.2) is 0 Å². The molecule has 0 bridgehead atoms. The largest absolute Gasteiger partial charge is 0.316 e. The Kier molecular flexibility index (Phi) is 5.24. The van der Waals surface area contributed by atoms with Crippen molar-refractivity contribution in [2.75, 3.05) is 5.32 Å². The van der Waals surface area contributed by atoms with Crippen LogP contribution >= 0.6 is 11.3 Å². The van der Waals surface area contributed by atoms with Crippen molar-refractivity contribution in [2.24, 2.45) is 0 Å². The molecule has 1 amide bonds. The maximum Gasteiger partial charge on any atom is 0.229 e. The van der Waals surface area contributed by atoms with E-state index in [-0.39, 0.29) is 5.91 Å². The molecule has 130 valence electrons. The van der Waals surface area contributed by atoms with Gasteiger partial charge in [0, 0.05) is 4.88 Å². The second-order valence-electron chi connectivity index (χ2n) is 6.98. The minimum absolute atomic E-state index is 0.0389. The number of carbonyl (C=O) groups excluding carboxylic acids is 1. The van der Waals surface area contributed by atoms with E-state index in [4.69, 9.17) is 0 Å². The van der Waals surface area contributed by atoms with Crippen LogP contribution in [0.1, 0.15) is 57.5 Å². The van der Waals surface area contributed by atoms with Gasteiger partial charge >= 0.3 is 0 Å². The molecule has 0 aliphatic heterocycles. The smallest absolute Gasteiger partial charge is 0.229 e. The number of rotatable bonds is 3. The number of fused-ring (bicyclic) bond motifs is 1. The molecule has 0 unspecified atom stereocenters. The summed E-state index contributed by atoms with van der Waals surface area (Å²) in [5.41, 5.74) is 6.45. The first-order chi connectivity index (χ1) is 12.0. The van der Waals surface area contributed by atoms with E-state index < -0.39 is 0 Å². The topological polar surface area (TPSA) is 52.9 Å². The number of amides is 1. The minimum atomic E-state index is -0.0389. The first-order valence-corrected chi connectivity index (χ1v) is 9.72. The standard InChI is InChI=1S/C21H24N2OS/c1-13-9-14(2)17(15(3)10-13)11-20(24)23-21-18(12-22)16-7-5-4-6-8-19(16)25-21/h9-10H,4-8,11H2,1-3H3,(H,23,24). The molecule has 0 saturated heterocycles. The second kappa shape index (κ2) is 7.41. The number of hydrogen-bond donors (Lipinski definition) is 1. The molecule has 2 aromatic rings. The molecule has 3 nitrogen and oxygen atoms in total. The lowest BCUT2D eigenvalue weighted by Gasteiger charge is -2.11. The van der Waals surface area contributed by atoms with Crippen molar-refractivity contribution < 1.29 is 4.79 Å². The van der Waals surface area contributed by atoms with Crippen LogP contribution in [0.2, 0.25) is 0 Å². The van der Waals surface area contributed by atoms with E-state index in [1.54, 1.807) is 11.3 Å². The monoisotopic (exact) mass is 352 g/mol. The van der Waals surface area contributed by atoms with E-state index in [0.29, 0.717) is 12.0 Å². The molecule has 1 N–H and O–H groups in total. The lowest BCUT2D eigenvalue weighted by molar-refractivity contribution is -0.115. The summed E-state index contributed by atoms with van der Waals surface area (Å²) >= 11 is 1.60. The van der Waals surface area contributed by atoms with E-state index in [0.717, 1.165) is 41.0 Å². The molecule has 0 fully saturated rings. The molecule has 3 rings (SSSR count). The van der Waals surface area contributed by atoms with Gasteiger partial charge in [0.2, 0.25) is 5.91 Å². The van der Waals surface area contributed by atoms with Crippen molar-refractivity contribution in [3.63, 3.8) is 0 Å². The zero-order valence-corrected chi connectivity index (χ0v) is 16.0. The zero-order valence-electron chi connectivity index (χ0n) is 15.2. The van der Waals surface area contributed by atoms with E-state index in [1.807, 2.05) is 0 Å². The van der Waals surface area contributed by atoms with Crippen LogP contribution in [0.5, 0.6) is 0 Å². The number of carbonyl (C=O) groups is 1.